The van der Waals surface area contributed by atoms with Crippen LogP contribution in [0.4, 0.5) is 0 Å². The number of halogens is 1. The lowest BCUT2D eigenvalue weighted by Gasteiger charge is -1.93. The SMILES string of the molecule is CCO/C(Cl)=C1\CO1. The van der Waals surface area contributed by atoms with Gasteiger partial charge in [-0.05, 0) is 18.5 Å². The van der Waals surface area contributed by atoms with Gasteiger partial charge in [-0.3, -0.25) is 0 Å². The maximum atomic E-state index is 5.51. The zero-order chi connectivity index (χ0) is 5.98. The normalized spacial score (nSPS) is 21.8. The first-order valence-corrected chi connectivity index (χ1v) is 2.86. The topological polar surface area (TPSA) is 21.8 Å². The summed E-state index contributed by atoms with van der Waals surface area (Å²) in [7, 11) is 0. The molecule has 0 amide bonds. The van der Waals surface area contributed by atoms with Gasteiger partial charge in [0.15, 0.2) is 5.76 Å². The van der Waals surface area contributed by atoms with Crippen LogP contribution in [0.1, 0.15) is 6.92 Å². The summed E-state index contributed by atoms with van der Waals surface area (Å²) in [5.74, 6) is 0.772. The highest BCUT2D eigenvalue weighted by Gasteiger charge is 2.19. The number of hydrogen-bond donors (Lipinski definition) is 0. The third-order valence-corrected chi connectivity index (χ3v) is 1.10. The van der Waals surface area contributed by atoms with Crippen LogP contribution in [-0.4, -0.2) is 13.2 Å². The molecule has 8 heavy (non-hydrogen) atoms. The van der Waals surface area contributed by atoms with Gasteiger partial charge in [-0.2, -0.15) is 0 Å². The quantitative estimate of drug-likeness (QED) is 0.421. The molecule has 0 saturated carbocycles. The van der Waals surface area contributed by atoms with Crippen molar-refractivity contribution in [3.05, 3.63) is 11.0 Å². The molecule has 2 nitrogen and oxygen atoms in total. The average Bonchev–Trinajstić information content (AvgIpc) is 2.45. The molecule has 1 saturated heterocycles. The molecule has 46 valence electrons. The monoisotopic (exact) mass is 134 g/mol. The van der Waals surface area contributed by atoms with Crippen molar-refractivity contribution in [2.45, 2.75) is 6.92 Å². The van der Waals surface area contributed by atoms with Crippen molar-refractivity contribution < 1.29 is 9.47 Å². The van der Waals surface area contributed by atoms with E-state index in [0.717, 1.165) is 5.76 Å². The maximum absolute atomic E-state index is 5.51. The Morgan fingerprint density at radius 2 is 2.62 bits per heavy atom. The fraction of sp³-hybridized carbons (Fsp3) is 0.600. The van der Waals surface area contributed by atoms with Gasteiger partial charge < -0.3 is 9.47 Å². The van der Waals surface area contributed by atoms with Gasteiger partial charge in [0.1, 0.15) is 6.61 Å². The fourth-order valence-corrected chi connectivity index (χ4v) is 0.575. The van der Waals surface area contributed by atoms with Crippen molar-refractivity contribution in [2.24, 2.45) is 0 Å². The summed E-state index contributed by atoms with van der Waals surface area (Å²) in [6.45, 7) is 3.12. The van der Waals surface area contributed by atoms with E-state index in [1.54, 1.807) is 0 Å². The highest BCUT2D eigenvalue weighted by molar-refractivity contribution is 6.28. The molecule has 1 fully saturated rings. The molecule has 1 aliphatic rings. The molecule has 0 radical (unpaired) electrons. The van der Waals surface area contributed by atoms with Crippen molar-refractivity contribution in [1.82, 2.24) is 0 Å². The Labute approximate surface area is 53.0 Å². The molecule has 1 heterocycles. The van der Waals surface area contributed by atoms with Crippen LogP contribution in [0.5, 0.6) is 0 Å². The van der Waals surface area contributed by atoms with E-state index in [-0.39, 0.29) is 0 Å². The van der Waals surface area contributed by atoms with Gasteiger partial charge in [0.05, 0.1) is 6.61 Å². The van der Waals surface area contributed by atoms with Crippen LogP contribution in [0.3, 0.4) is 0 Å². The second-order valence-electron chi connectivity index (χ2n) is 1.42. The smallest absolute Gasteiger partial charge is 0.229 e. The van der Waals surface area contributed by atoms with Crippen molar-refractivity contribution in [2.75, 3.05) is 13.2 Å². The Hall–Kier alpha value is -0.370. The number of hydrogen-bond acceptors (Lipinski definition) is 2. The zero-order valence-corrected chi connectivity index (χ0v) is 5.36. The molecule has 0 N–H and O–H groups in total. The zero-order valence-electron chi connectivity index (χ0n) is 4.61. The fourth-order valence-electron chi connectivity index (χ4n) is 0.357. The molecular weight excluding hydrogens is 128 g/mol. The van der Waals surface area contributed by atoms with Crippen LogP contribution >= 0.6 is 11.6 Å². The molecule has 3 heteroatoms. The summed E-state index contributed by atoms with van der Waals surface area (Å²) >= 11 is 5.51. The summed E-state index contributed by atoms with van der Waals surface area (Å²) in [6, 6.07) is 0. The van der Waals surface area contributed by atoms with E-state index in [1.807, 2.05) is 6.92 Å². The molecule has 0 unspecified atom stereocenters. The summed E-state index contributed by atoms with van der Waals surface area (Å²) in [5.41, 5.74) is 0. The molecule has 0 aromatic heterocycles. The van der Waals surface area contributed by atoms with Gasteiger partial charge >= 0.3 is 0 Å². The standard InChI is InChI=1S/C5H7ClO2/c1-2-7-5(6)4-3-8-4/h2-3H2,1H3/b5-4+. The highest BCUT2D eigenvalue weighted by Crippen LogP contribution is 2.22. The first-order valence-electron chi connectivity index (χ1n) is 2.49. The maximum Gasteiger partial charge on any atom is 0.229 e. The van der Waals surface area contributed by atoms with Crippen LogP contribution in [0.2, 0.25) is 0 Å². The van der Waals surface area contributed by atoms with Crippen molar-refractivity contribution in [3.63, 3.8) is 0 Å². The first kappa shape index (κ1) is 5.76. The summed E-state index contributed by atoms with van der Waals surface area (Å²) < 4.78 is 9.63. The van der Waals surface area contributed by atoms with Gasteiger partial charge in [-0.15, -0.1) is 0 Å². The summed E-state index contributed by atoms with van der Waals surface area (Å²) in [6.07, 6.45) is 0. The second-order valence-corrected chi connectivity index (χ2v) is 1.76. The van der Waals surface area contributed by atoms with Crippen LogP contribution in [0.25, 0.3) is 0 Å². The molecule has 0 aromatic rings. The van der Waals surface area contributed by atoms with E-state index < -0.39 is 0 Å². The van der Waals surface area contributed by atoms with E-state index in [4.69, 9.17) is 21.1 Å². The van der Waals surface area contributed by atoms with Crippen LogP contribution in [0, 0.1) is 0 Å². The first-order chi connectivity index (χ1) is 3.84. The molecule has 0 atom stereocenters. The van der Waals surface area contributed by atoms with Gasteiger partial charge in [0.25, 0.3) is 0 Å². The number of ether oxygens (including phenoxy) is 2. The van der Waals surface area contributed by atoms with E-state index in [0.29, 0.717) is 18.4 Å². The molecule has 1 rings (SSSR count). The Bertz CT molecular complexity index is 114. The lowest BCUT2D eigenvalue weighted by Crippen LogP contribution is -1.82. The van der Waals surface area contributed by atoms with Gasteiger partial charge in [-0.25, -0.2) is 0 Å². The number of epoxide rings is 1. The Morgan fingerprint density at radius 1 is 2.00 bits per heavy atom. The molecular formula is C5H7ClO2. The summed E-state index contributed by atoms with van der Waals surface area (Å²) in [5, 5.41) is 0.410. The Balaban J connectivity index is 2.33. The van der Waals surface area contributed by atoms with Crippen molar-refractivity contribution in [3.8, 4) is 0 Å². The third-order valence-electron chi connectivity index (χ3n) is 0.779. The molecule has 0 bridgehead atoms. The largest absolute Gasteiger partial charge is 0.481 e. The number of rotatable bonds is 2. The summed E-state index contributed by atoms with van der Waals surface area (Å²) in [4.78, 5) is 0. The van der Waals surface area contributed by atoms with Gasteiger partial charge in [0.2, 0.25) is 5.22 Å². The molecule has 0 aliphatic carbocycles. The molecule has 1 aliphatic heterocycles. The van der Waals surface area contributed by atoms with Crippen LogP contribution in [0.15, 0.2) is 11.0 Å². The average molecular weight is 135 g/mol. The van der Waals surface area contributed by atoms with Gasteiger partial charge in [-0.1, -0.05) is 0 Å². The van der Waals surface area contributed by atoms with Crippen LogP contribution in [-0.2, 0) is 9.47 Å². The third kappa shape index (κ3) is 1.30. The minimum Gasteiger partial charge on any atom is -0.481 e. The van der Waals surface area contributed by atoms with Crippen LogP contribution < -0.4 is 0 Å². The minimum absolute atomic E-state index is 0.410. The van der Waals surface area contributed by atoms with Crippen molar-refractivity contribution >= 4 is 11.6 Å². The highest BCUT2D eigenvalue weighted by atomic mass is 35.5. The van der Waals surface area contributed by atoms with E-state index in [9.17, 15) is 0 Å². The molecule has 0 spiro atoms. The van der Waals surface area contributed by atoms with E-state index in [1.165, 1.54) is 0 Å². The van der Waals surface area contributed by atoms with E-state index in [2.05, 4.69) is 0 Å². The lowest BCUT2D eigenvalue weighted by molar-refractivity contribution is 0.249. The Kier molecular flexibility index (Phi) is 1.63. The predicted octanol–water partition coefficient (Wildman–Crippen LogP) is 1.46. The lowest BCUT2D eigenvalue weighted by atomic mass is 10.7. The molecule has 0 aromatic carbocycles. The predicted molar refractivity (Wildman–Crippen MR) is 30.5 cm³/mol. The second kappa shape index (κ2) is 2.27. The van der Waals surface area contributed by atoms with E-state index >= 15 is 0 Å². The van der Waals surface area contributed by atoms with Gasteiger partial charge in [0, 0.05) is 0 Å². The van der Waals surface area contributed by atoms with Crippen molar-refractivity contribution in [1.29, 1.82) is 0 Å². The Morgan fingerprint density at radius 3 is 3.00 bits per heavy atom. The minimum atomic E-state index is 0.410.